The lowest BCUT2D eigenvalue weighted by atomic mass is 10.3. The number of halogens is 2. The highest BCUT2D eigenvalue weighted by molar-refractivity contribution is 8.01. The Labute approximate surface area is 99.5 Å². The van der Waals surface area contributed by atoms with E-state index in [1.54, 1.807) is 6.92 Å². The number of hydrogen-bond acceptors (Lipinski definition) is 4. The zero-order valence-electron chi connectivity index (χ0n) is 8.33. The smallest absolute Gasteiger partial charge is 0.181 e. The fourth-order valence-electron chi connectivity index (χ4n) is 1.16. The van der Waals surface area contributed by atoms with Crippen LogP contribution in [0, 0.1) is 18.6 Å². The topological polar surface area (TPSA) is 38.9 Å². The molecule has 1 aromatic carbocycles. The van der Waals surface area contributed by atoms with E-state index < -0.39 is 11.6 Å². The van der Waals surface area contributed by atoms with Crippen molar-refractivity contribution < 1.29 is 8.78 Å². The summed E-state index contributed by atoms with van der Waals surface area (Å²) in [7, 11) is 0. The number of nitrogens with two attached hydrogens (primary N) is 1. The van der Waals surface area contributed by atoms with Crippen molar-refractivity contribution in [2.24, 2.45) is 0 Å². The minimum Gasteiger partial charge on any atom is -0.375 e. The Balaban J connectivity index is 2.34. The molecule has 6 heteroatoms. The first-order valence-electron chi connectivity index (χ1n) is 4.42. The van der Waals surface area contributed by atoms with Crippen LogP contribution in [0.25, 0.3) is 0 Å². The highest BCUT2D eigenvalue weighted by atomic mass is 32.2. The third kappa shape index (κ3) is 2.17. The third-order valence-electron chi connectivity index (χ3n) is 1.89. The molecule has 0 aliphatic carbocycles. The Morgan fingerprint density at radius 1 is 1.38 bits per heavy atom. The van der Waals surface area contributed by atoms with E-state index in [2.05, 4.69) is 4.98 Å². The van der Waals surface area contributed by atoms with Gasteiger partial charge in [0.1, 0.15) is 0 Å². The zero-order chi connectivity index (χ0) is 11.7. The van der Waals surface area contributed by atoms with Crippen LogP contribution in [0.2, 0.25) is 0 Å². The van der Waals surface area contributed by atoms with Gasteiger partial charge in [-0.1, -0.05) is 29.2 Å². The van der Waals surface area contributed by atoms with Gasteiger partial charge in [0.25, 0.3) is 0 Å². The number of aromatic nitrogens is 1. The summed E-state index contributed by atoms with van der Waals surface area (Å²) in [5.41, 5.74) is 6.26. The van der Waals surface area contributed by atoms with Crippen LogP contribution < -0.4 is 5.73 Å². The quantitative estimate of drug-likeness (QED) is 0.896. The molecule has 0 spiro atoms. The molecule has 84 valence electrons. The molecule has 0 saturated heterocycles. The highest BCUT2D eigenvalue weighted by Gasteiger charge is 2.12. The normalized spacial score (nSPS) is 10.7. The monoisotopic (exact) mass is 258 g/mol. The fourth-order valence-corrected chi connectivity index (χ4v) is 3.14. The van der Waals surface area contributed by atoms with Gasteiger partial charge < -0.3 is 5.73 Å². The van der Waals surface area contributed by atoms with E-state index in [1.165, 1.54) is 23.5 Å². The summed E-state index contributed by atoms with van der Waals surface area (Å²) in [5.74, 6) is -1.68. The van der Waals surface area contributed by atoms with Crippen molar-refractivity contribution in [1.82, 2.24) is 4.98 Å². The van der Waals surface area contributed by atoms with Gasteiger partial charge in [0.15, 0.2) is 16.8 Å². The van der Waals surface area contributed by atoms with Gasteiger partial charge >= 0.3 is 0 Å². The second kappa shape index (κ2) is 4.39. The minimum absolute atomic E-state index is 0.242. The Hall–Kier alpha value is -1.14. The van der Waals surface area contributed by atoms with Crippen molar-refractivity contribution in [3.8, 4) is 0 Å². The van der Waals surface area contributed by atoms with Crippen molar-refractivity contribution >= 4 is 28.2 Å². The molecule has 0 fully saturated rings. The Morgan fingerprint density at radius 3 is 2.75 bits per heavy atom. The molecule has 2 N–H and O–H groups in total. The average Bonchev–Trinajstić information content (AvgIpc) is 2.53. The first-order chi connectivity index (χ1) is 7.58. The van der Waals surface area contributed by atoms with Crippen molar-refractivity contribution in [3.05, 3.63) is 35.5 Å². The summed E-state index contributed by atoms with van der Waals surface area (Å²) in [4.78, 5) is 4.26. The molecular formula is C10H8F2N2S2. The minimum atomic E-state index is -0.847. The van der Waals surface area contributed by atoms with Crippen LogP contribution in [0.15, 0.2) is 27.3 Å². The predicted molar refractivity (Wildman–Crippen MR) is 61.7 cm³/mol. The molecule has 1 aromatic heterocycles. The van der Waals surface area contributed by atoms with Crippen molar-refractivity contribution in [2.45, 2.75) is 16.0 Å². The van der Waals surface area contributed by atoms with E-state index in [0.717, 1.165) is 27.7 Å². The standard InChI is InChI=1S/C10H8F2N2S2/c1-5-9(16-10(13)14-5)15-7-4-2-3-6(11)8(7)12/h2-4H,1H3,(H2,13,14). The summed E-state index contributed by atoms with van der Waals surface area (Å²) in [6, 6.07) is 4.09. The number of thiazole rings is 1. The summed E-state index contributed by atoms with van der Waals surface area (Å²) >= 11 is 2.40. The summed E-state index contributed by atoms with van der Waals surface area (Å²) in [6.07, 6.45) is 0. The summed E-state index contributed by atoms with van der Waals surface area (Å²) in [6.45, 7) is 1.78. The van der Waals surface area contributed by atoms with Crippen molar-refractivity contribution in [2.75, 3.05) is 5.73 Å². The maximum Gasteiger partial charge on any atom is 0.181 e. The maximum atomic E-state index is 13.4. The molecule has 0 bridgehead atoms. The number of nitrogen functional groups attached to an aromatic ring is 1. The number of anilines is 1. The summed E-state index contributed by atoms with van der Waals surface area (Å²) < 4.78 is 27.1. The number of rotatable bonds is 2. The Morgan fingerprint density at radius 2 is 2.12 bits per heavy atom. The molecule has 0 atom stereocenters. The predicted octanol–water partition coefficient (Wildman–Crippen LogP) is 3.46. The Bertz CT molecular complexity index is 526. The van der Waals surface area contributed by atoms with Crippen molar-refractivity contribution in [1.29, 1.82) is 0 Å². The fraction of sp³-hybridized carbons (Fsp3) is 0.100. The lowest BCUT2D eigenvalue weighted by Gasteiger charge is -2.01. The molecule has 0 amide bonds. The number of benzene rings is 1. The third-order valence-corrected chi connectivity index (χ3v) is 4.19. The number of nitrogens with zero attached hydrogens (tertiary/aromatic N) is 1. The van der Waals surface area contributed by atoms with Gasteiger partial charge in [-0.15, -0.1) is 0 Å². The zero-order valence-corrected chi connectivity index (χ0v) is 9.96. The summed E-state index contributed by atoms with van der Waals surface area (Å²) in [5, 5.41) is 0.428. The van der Waals surface area contributed by atoms with Crippen LogP contribution in [0.5, 0.6) is 0 Å². The molecule has 2 rings (SSSR count). The lowest BCUT2D eigenvalue weighted by molar-refractivity contribution is 0.491. The molecule has 16 heavy (non-hydrogen) atoms. The number of aryl methyl sites for hydroxylation is 1. The van der Waals surface area contributed by atoms with E-state index in [-0.39, 0.29) is 4.90 Å². The molecule has 0 saturated carbocycles. The van der Waals surface area contributed by atoms with E-state index in [1.807, 2.05) is 0 Å². The molecule has 0 aliphatic heterocycles. The van der Waals surface area contributed by atoms with Gasteiger partial charge in [0.2, 0.25) is 0 Å². The number of hydrogen-bond donors (Lipinski definition) is 1. The van der Waals surface area contributed by atoms with Gasteiger partial charge in [-0.05, 0) is 19.1 Å². The van der Waals surface area contributed by atoms with Crippen LogP contribution >= 0.6 is 23.1 Å². The second-order valence-electron chi connectivity index (χ2n) is 3.08. The van der Waals surface area contributed by atoms with Crippen LogP contribution in [0.4, 0.5) is 13.9 Å². The highest BCUT2D eigenvalue weighted by Crippen LogP contribution is 2.37. The van der Waals surface area contributed by atoms with E-state index in [0.29, 0.717) is 5.13 Å². The van der Waals surface area contributed by atoms with Crippen LogP contribution in [-0.4, -0.2) is 4.98 Å². The van der Waals surface area contributed by atoms with Crippen molar-refractivity contribution in [3.63, 3.8) is 0 Å². The molecule has 2 nitrogen and oxygen atoms in total. The van der Waals surface area contributed by atoms with E-state index in [9.17, 15) is 8.78 Å². The lowest BCUT2D eigenvalue weighted by Crippen LogP contribution is -1.86. The largest absolute Gasteiger partial charge is 0.375 e. The van der Waals surface area contributed by atoms with Crippen LogP contribution in [0.1, 0.15) is 5.69 Å². The molecule has 1 heterocycles. The first-order valence-corrected chi connectivity index (χ1v) is 6.06. The van der Waals surface area contributed by atoms with Gasteiger partial charge in [-0.3, -0.25) is 0 Å². The van der Waals surface area contributed by atoms with E-state index >= 15 is 0 Å². The molecule has 2 aromatic rings. The van der Waals surface area contributed by atoms with Crippen LogP contribution in [0.3, 0.4) is 0 Å². The average molecular weight is 258 g/mol. The Kier molecular flexibility index (Phi) is 3.11. The van der Waals surface area contributed by atoms with Gasteiger partial charge in [0.05, 0.1) is 14.8 Å². The van der Waals surface area contributed by atoms with E-state index in [4.69, 9.17) is 5.73 Å². The first kappa shape index (κ1) is 11.3. The molecule has 0 unspecified atom stereocenters. The molecule has 0 aliphatic rings. The second-order valence-corrected chi connectivity index (χ2v) is 5.42. The molecule has 0 radical (unpaired) electrons. The van der Waals surface area contributed by atoms with Gasteiger partial charge in [0, 0.05) is 0 Å². The van der Waals surface area contributed by atoms with Crippen LogP contribution in [-0.2, 0) is 0 Å². The van der Waals surface area contributed by atoms with Gasteiger partial charge in [-0.2, -0.15) is 0 Å². The SMILES string of the molecule is Cc1nc(N)sc1Sc1cccc(F)c1F. The maximum absolute atomic E-state index is 13.4. The molecular weight excluding hydrogens is 250 g/mol. The van der Waals surface area contributed by atoms with Gasteiger partial charge in [-0.25, -0.2) is 13.8 Å².